The molecule has 0 spiro atoms. The molecule has 1 nitrogen and oxygen atoms in total. The van der Waals surface area contributed by atoms with E-state index in [2.05, 4.69) is 49.3 Å². The van der Waals surface area contributed by atoms with Gasteiger partial charge in [-0.2, -0.15) is 3.69 Å². The summed E-state index contributed by atoms with van der Waals surface area (Å²) in [6, 6.07) is 10.8. The topological polar surface area (TPSA) is 3.24 Å². The summed E-state index contributed by atoms with van der Waals surface area (Å²) in [6.07, 6.45) is 0. The lowest BCUT2D eigenvalue weighted by Gasteiger charge is -2.07. The molecule has 0 unspecified atom stereocenters. The maximum Gasteiger partial charge on any atom is 0.429 e. The van der Waals surface area contributed by atoms with Crippen molar-refractivity contribution in [1.29, 1.82) is 0 Å². The van der Waals surface area contributed by atoms with Gasteiger partial charge in [0.2, 0.25) is 0 Å². The number of hydrogen-bond donors (Lipinski definition) is 0. The lowest BCUT2D eigenvalue weighted by atomic mass is 10.4. The van der Waals surface area contributed by atoms with Gasteiger partial charge in [-0.25, -0.2) is 0 Å². The van der Waals surface area contributed by atoms with Crippen molar-refractivity contribution < 1.29 is 0 Å². The molecule has 3 heteroatoms. The molecule has 1 aromatic rings. The van der Waals surface area contributed by atoms with Crippen LogP contribution in [0.15, 0.2) is 30.3 Å². The zero-order chi connectivity index (χ0) is 8.10. The molecule has 64 valence electrons. The van der Waals surface area contributed by atoms with Crippen molar-refractivity contribution in [2.45, 2.75) is 0 Å². The third-order valence-corrected chi connectivity index (χ3v) is 3.86. The van der Waals surface area contributed by atoms with Crippen LogP contribution in [0.1, 0.15) is 0 Å². The predicted octanol–water partition coefficient (Wildman–Crippen LogP) is 1.11. The molecule has 0 N–H and O–H groups in total. The van der Waals surface area contributed by atoms with Gasteiger partial charge < -0.3 is 4.90 Å². The highest BCUT2D eigenvalue weighted by Crippen LogP contribution is 1.81. The number of rotatable bonds is 3. The van der Waals surface area contributed by atoms with Gasteiger partial charge in [-0.1, -0.05) is 35.0 Å². The van der Waals surface area contributed by atoms with Crippen molar-refractivity contribution in [2.75, 3.05) is 18.8 Å². The second-order valence-corrected chi connectivity index (χ2v) is 4.80. The molecule has 0 aliphatic rings. The van der Waals surface area contributed by atoms with E-state index in [1.54, 1.807) is 3.69 Å². The molecular weight excluding hydrogens is 226 g/mol. The normalized spacial score (nSPS) is 8.92. The van der Waals surface area contributed by atoms with Crippen LogP contribution in [-0.4, -0.2) is 44.0 Å². The second kappa shape index (κ2) is 6.89. The van der Waals surface area contributed by atoms with E-state index >= 15 is 0 Å². The molecule has 0 amide bonds. The van der Waals surface area contributed by atoms with Crippen LogP contribution in [0.3, 0.4) is 0 Å². The van der Waals surface area contributed by atoms with Crippen LogP contribution in [0.25, 0.3) is 0 Å². The molecule has 0 atom stereocenters. The van der Waals surface area contributed by atoms with Gasteiger partial charge in [0.1, 0.15) is 0 Å². The Morgan fingerprint density at radius 1 is 1.17 bits per heavy atom. The van der Waals surface area contributed by atoms with E-state index in [0.717, 1.165) is 0 Å². The van der Waals surface area contributed by atoms with E-state index in [1.165, 1.54) is 4.67 Å². The van der Waals surface area contributed by atoms with E-state index in [-0.39, 0.29) is 37.3 Å². The van der Waals surface area contributed by atoms with Gasteiger partial charge in [-0.05, 0) is 14.1 Å². The average Bonchev–Trinajstić information content (AvgIpc) is 2.03. The SMILES string of the molecule is Br.CN(C)[CH2][Mg][c]1ccccc1. The van der Waals surface area contributed by atoms with Crippen molar-refractivity contribution in [2.24, 2.45) is 0 Å². The average molecular weight is 240 g/mol. The molecule has 12 heavy (non-hydrogen) atoms. The molecular formula is C9H14BrMgN. The van der Waals surface area contributed by atoms with Crippen LogP contribution in [0, 0.1) is 0 Å². The first-order valence-corrected chi connectivity index (χ1v) is 5.68. The molecule has 0 aliphatic carbocycles. The van der Waals surface area contributed by atoms with E-state index in [9.17, 15) is 0 Å². The van der Waals surface area contributed by atoms with Gasteiger partial charge in [0.05, 0.1) is 0 Å². The van der Waals surface area contributed by atoms with Crippen LogP contribution in [0.4, 0.5) is 0 Å². The maximum atomic E-state index is 2.26. The lowest BCUT2D eigenvalue weighted by Crippen LogP contribution is -2.27. The molecule has 0 saturated carbocycles. The Labute approximate surface area is 94.6 Å². The fourth-order valence-electron chi connectivity index (χ4n) is 0.997. The molecule has 1 aromatic carbocycles. The monoisotopic (exact) mass is 239 g/mol. The molecule has 0 bridgehead atoms. The summed E-state index contributed by atoms with van der Waals surface area (Å²) >= 11 is -0.0330. The number of hydrogen-bond acceptors (Lipinski definition) is 1. The van der Waals surface area contributed by atoms with Crippen molar-refractivity contribution in [1.82, 2.24) is 4.90 Å². The highest BCUT2D eigenvalue weighted by Gasteiger charge is 1.98. The fraction of sp³-hybridized carbons (Fsp3) is 0.333. The van der Waals surface area contributed by atoms with Crippen LogP contribution in [0.5, 0.6) is 0 Å². The summed E-state index contributed by atoms with van der Waals surface area (Å²) in [5.41, 5.74) is 0. The second-order valence-electron chi connectivity index (χ2n) is 3.04. The predicted molar refractivity (Wildman–Crippen MR) is 60.7 cm³/mol. The van der Waals surface area contributed by atoms with Crippen molar-refractivity contribution in [3.8, 4) is 0 Å². The van der Waals surface area contributed by atoms with Crippen LogP contribution >= 0.6 is 17.0 Å². The smallest absolute Gasteiger partial charge is 0.334 e. The molecule has 0 fully saturated rings. The standard InChI is InChI=1S/C6H5.C3H8N.BrH.Mg/c1-2-4-6-5-3-1;1-4(2)3;;/h1-5H;1H2,2-3H3;1H;. The third-order valence-electron chi connectivity index (χ3n) is 1.69. The molecule has 0 radical (unpaired) electrons. The van der Waals surface area contributed by atoms with Gasteiger partial charge in [0, 0.05) is 0 Å². The molecule has 0 aliphatic heterocycles. The minimum absolute atomic E-state index is 0. The van der Waals surface area contributed by atoms with E-state index in [4.69, 9.17) is 0 Å². The van der Waals surface area contributed by atoms with Gasteiger partial charge in [0.25, 0.3) is 0 Å². The highest BCUT2D eigenvalue weighted by atomic mass is 79.9. The third kappa shape index (κ3) is 5.14. The number of halogens is 1. The summed E-state index contributed by atoms with van der Waals surface area (Å²) in [5, 5.41) is 0. The van der Waals surface area contributed by atoms with Gasteiger partial charge in [-0.3, -0.25) is 0 Å². The zero-order valence-corrected chi connectivity index (χ0v) is 10.8. The first-order valence-electron chi connectivity index (χ1n) is 3.97. The number of nitrogens with zero attached hydrogens (tertiary/aromatic N) is 1. The quantitative estimate of drug-likeness (QED) is 0.716. The zero-order valence-electron chi connectivity index (χ0n) is 7.66. The summed E-state index contributed by atoms with van der Waals surface area (Å²) in [4.78, 5) is 2.26. The van der Waals surface area contributed by atoms with Crippen LogP contribution in [0.2, 0.25) is 0 Å². The Morgan fingerprint density at radius 3 is 2.25 bits per heavy atom. The van der Waals surface area contributed by atoms with E-state index < -0.39 is 0 Å². The Hall–Kier alpha value is 0.426. The summed E-state index contributed by atoms with van der Waals surface area (Å²) in [7, 11) is 4.27. The van der Waals surface area contributed by atoms with E-state index in [1.807, 2.05) is 0 Å². The molecule has 0 heterocycles. The van der Waals surface area contributed by atoms with Crippen LogP contribution < -0.4 is 3.69 Å². The summed E-state index contributed by atoms with van der Waals surface area (Å²) in [5.74, 6) is 0. The lowest BCUT2D eigenvalue weighted by molar-refractivity contribution is 0.478. The largest absolute Gasteiger partial charge is 0.429 e. The summed E-state index contributed by atoms with van der Waals surface area (Å²) in [6.45, 7) is 0. The molecule has 1 rings (SSSR count). The minimum Gasteiger partial charge on any atom is -0.334 e. The Balaban J connectivity index is 0.00000121. The first kappa shape index (κ1) is 12.4. The first-order chi connectivity index (χ1) is 5.29. The highest BCUT2D eigenvalue weighted by molar-refractivity contribution is 8.93. The van der Waals surface area contributed by atoms with Gasteiger partial charge in [0.15, 0.2) is 0 Å². The number of benzene rings is 1. The maximum absolute atomic E-state index is 2.26. The Kier molecular flexibility index (Phi) is 7.14. The van der Waals surface area contributed by atoms with E-state index in [0.29, 0.717) is 0 Å². The van der Waals surface area contributed by atoms with Gasteiger partial charge in [-0.15, -0.1) is 17.0 Å². The van der Waals surface area contributed by atoms with Crippen molar-refractivity contribution in [3.63, 3.8) is 0 Å². The minimum atomic E-state index is -0.0330. The van der Waals surface area contributed by atoms with Crippen molar-refractivity contribution >= 4 is 41.0 Å². The summed E-state index contributed by atoms with van der Waals surface area (Å²) < 4.78 is 2.82. The van der Waals surface area contributed by atoms with Crippen molar-refractivity contribution in [3.05, 3.63) is 30.3 Å². The Bertz CT molecular complexity index is 201. The van der Waals surface area contributed by atoms with Gasteiger partial charge >= 0.3 is 20.4 Å². The Morgan fingerprint density at radius 2 is 1.75 bits per heavy atom. The fourth-order valence-corrected chi connectivity index (χ4v) is 2.31. The molecule has 0 aromatic heterocycles. The van der Waals surface area contributed by atoms with Crippen LogP contribution in [-0.2, 0) is 0 Å². The molecule has 0 saturated heterocycles.